The monoisotopic (exact) mass is 571 g/mol. The van der Waals surface area contributed by atoms with Crippen molar-refractivity contribution in [2.24, 2.45) is 10.9 Å². The second-order valence-electron chi connectivity index (χ2n) is 11.6. The van der Waals surface area contributed by atoms with E-state index in [2.05, 4.69) is 15.3 Å². The minimum absolute atomic E-state index is 0.107. The Morgan fingerprint density at radius 1 is 1.15 bits per heavy atom. The molecule has 41 heavy (non-hydrogen) atoms. The highest BCUT2D eigenvalue weighted by molar-refractivity contribution is 7.13. The second kappa shape index (κ2) is 10.2. The predicted molar refractivity (Wildman–Crippen MR) is 156 cm³/mol. The molecule has 2 N–H and O–H groups in total. The molecule has 10 heteroatoms. The summed E-state index contributed by atoms with van der Waals surface area (Å²) >= 11 is 1.57. The number of fused-ring (bicyclic) bond motifs is 1. The molecule has 212 valence electrons. The number of thiazole rings is 1. The molecule has 0 bridgehead atoms. The van der Waals surface area contributed by atoms with Gasteiger partial charge in [-0.15, -0.1) is 11.3 Å². The minimum Gasteiger partial charge on any atom is -0.391 e. The summed E-state index contributed by atoms with van der Waals surface area (Å²) < 4.78 is 0. The third-order valence-corrected chi connectivity index (χ3v) is 9.42. The standard InChI is InChI=1S/C31H33N5O4S/c1-17(2)25(36-14-20-7-5-6-8-23(20)28(36)38)29(39)35-15-22(37)13-24(35)27-33-30(40)31(4,34-27)21-11-9-19(10-12-21)26-18(3)32-16-41-26/h5-12,16-17,22,24-25,37H,13-15H2,1-4H3,(H,33,34,40)/t22-,24+,25?,31+/m1/s1. The van der Waals surface area contributed by atoms with Crippen molar-refractivity contribution in [2.75, 3.05) is 6.54 Å². The summed E-state index contributed by atoms with van der Waals surface area (Å²) in [6.07, 6.45) is -0.514. The Kier molecular flexibility index (Phi) is 6.78. The third kappa shape index (κ3) is 4.55. The molecule has 4 heterocycles. The van der Waals surface area contributed by atoms with Crippen LogP contribution < -0.4 is 5.32 Å². The summed E-state index contributed by atoms with van der Waals surface area (Å²) in [5, 5.41) is 14.0. The zero-order valence-electron chi connectivity index (χ0n) is 23.5. The second-order valence-corrected chi connectivity index (χ2v) is 12.4. The van der Waals surface area contributed by atoms with Gasteiger partial charge in [0.15, 0.2) is 0 Å². The molecule has 3 aliphatic heterocycles. The van der Waals surface area contributed by atoms with Gasteiger partial charge < -0.3 is 20.2 Å². The molecule has 1 saturated heterocycles. The number of aromatic nitrogens is 1. The molecule has 3 aromatic rings. The van der Waals surface area contributed by atoms with Gasteiger partial charge in [-0.3, -0.25) is 14.4 Å². The van der Waals surface area contributed by atoms with Crippen LogP contribution >= 0.6 is 11.3 Å². The van der Waals surface area contributed by atoms with Gasteiger partial charge >= 0.3 is 0 Å². The zero-order chi connectivity index (χ0) is 29.1. The molecule has 3 aliphatic rings. The molecule has 1 fully saturated rings. The van der Waals surface area contributed by atoms with Crippen LogP contribution in [0.5, 0.6) is 0 Å². The number of aliphatic hydroxyl groups is 1. The smallest absolute Gasteiger partial charge is 0.277 e. The molecule has 1 unspecified atom stereocenters. The molecule has 0 radical (unpaired) electrons. The molecule has 2 aromatic carbocycles. The first-order chi connectivity index (χ1) is 19.6. The number of nitrogens with one attached hydrogen (secondary N) is 1. The summed E-state index contributed by atoms with van der Waals surface area (Å²) in [6, 6.07) is 13.9. The number of aryl methyl sites for hydroxylation is 1. The van der Waals surface area contributed by atoms with Gasteiger partial charge in [-0.05, 0) is 42.5 Å². The van der Waals surface area contributed by atoms with Crippen molar-refractivity contribution in [1.29, 1.82) is 0 Å². The lowest BCUT2D eigenvalue weighted by molar-refractivity contribution is -0.138. The molecule has 1 aromatic heterocycles. The average molecular weight is 572 g/mol. The van der Waals surface area contributed by atoms with Gasteiger partial charge in [0.25, 0.3) is 11.8 Å². The fourth-order valence-electron chi connectivity index (χ4n) is 6.21. The average Bonchev–Trinajstić information content (AvgIpc) is 3.71. The number of likely N-dealkylation sites (tertiary alicyclic amines) is 1. The maximum absolute atomic E-state index is 14.1. The minimum atomic E-state index is -1.11. The third-order valence-electron chi connectivity index (χ3n) is 8.45. The maximum atomic E-state index is 14.1. The molecule has 9 nitrogen and oxygen atoms in total. The highest BCUT2D eigenvalue weighted by Crippen LogP contribution is 2.34. The van der Waals surface area contributed by atoms with Crippen LogP contribution in [0.15, 0.2) is 59.0 Å². The molecular weight excluding hydrogens is 538 g/mol. The number of rotatable bonds is 6. The van der Waals surface area contributed by atoms with E-state index in [-0.39, 0.29) is 36.6 Å². The van der Waals surface area contributed by atoms with Crippen molar-refractivity contribution in [2.45, 2.75) is 64.4 Å². The summed E-state index contributed by atoms with van der Waals surface area (Å²) in [6.45, 7) is 8.06. The fraction of sp³-hybridized carbons (Fsp3) is 0.387. The highest BCUT2D eigenvalue weighted by Gasteiger charge is 2.49. The largest absolute Gasteiger partial charge is 0.391 e. The molecule has 3 amide bonds. The Hall–Kier alpha value is -3.89. The number of nitrogens with zero attached hydrogens (tertiary/aromatic N) is 4. The first kappa shape index (κ1) is 27.3. The lowest BCUT2D eigenvalue weighted by Gasteiger charge is -2.36. The van der Waals surface area contributed by atoms with Crippen molar-refractivity contribution in [3.05, 3.63) is 76.4 Å². The highest BCUT2D eigenvalue weighted by atomic mass is 32.1. The Morgan fingerprint density at radius 3 is 2.54 bits per heavy atom. The van der Waals surface area contributed by atoms with Gasteiger partial charge in [0.05, 0.1) is 28.2 Å². The van der Waals surface area contributed by atoms with Crippen LogP contribution in [0.25, 0.3) is 10.4 Å². The number of carbonyl (C=O) groups is 3. The Morgan fingerprint density at radius 2 is 1.88 bits per heavy atom. The van der Waals surface area contributed by atoms with Crippen LogP contribution in [-0.2, 0) is 21.7 Å². The van der Waals surface area contributed by atoms with E-state index in [1.54, 1.807) is 34.1 Å². The first-order valence-corrected chi connectivity index (χ1v) is 14.8. The van der Waals surface area contributed by atoms with Gasteiger partial charge in [0.1, 0.15) is 17.4 Å². The first-order valence-electron chi connectivity index (χ1n) is 13.9. The number of hydrogen-bond donors (Lipinski definition) is 2. The van der Waals surface area contributed by atoms with E-state index in [4.69, 9.17) is 0 Å². The zero-order valence-corrected chi connectivity index (χ0v) is 24.3. The number of aliphatic imine (C=N–C) groups is 1. The van der Waals surface area contributed by atoms with Crippen molar-refractivity contribution in [3.8, 4) is 10.4 Å². The maximum Gasteiger partial charge on any atom is 0.277 e. The molecule has 0 spiro atoms. The van der Waals surface area contributed by atoms with Crippen LogP contribution in [0, 0.1) is 12.8 Å². The molecular formula is C31H33N5O4S. The Balaban J connectivity index is 1.24. The van der Waals surface area contributed by atoms with Crippen LogP contribution in [0.4, 0.5) is 0 Å². The Labute approximate surface area is 242 Å². The molecule has 0 aliphatic carbocycles. The Bertz CT molecular complexity index is 1560. The van der Waals surface area contributed by atoms with E-state index < -0.39 is 23.7 Å². The lowest BCUT2D eigenvalue weighted by Crippen LogP contribution is -2.56. The van der Waals surface area contributed by atoms with E-state index in [1.807, 2.05) is 68.7 Å². The topological polar surface area (TPSA) is 115 Å². The van der Waals surface area contributed by atoms with Crippen molar-refractivity contribution in [1.82, 2.24) is 20.1 Å². The lowest BCUT2D eigenvalue weighted by atomic mass is 9.91. The SMILES string of the molecule is Cc1ncsc1-c1ccc([C@]2(C)NC([C@@H]3C[C@@H](O)CN3C(=O)C(C(C)C)N3Cc4ccccc4C3=O)=NC2=O)cc1. The molecule has 0 saturated carbocycles. The molecule has 4 atom stereocenters. The summed E-state index contributed by atoms with van der Waals surface area (Å²) in [5.74, 6) is -0.570. The number of carbonyl (C=O) groups excluding carboxylic acids is 3. The number of amidine groups is 1. The predicted octanol–water partition coefficient (Wildman–Crippen LogP) is 3.50. The summed E-state index contributed by atoms with van der Waals surface area (Å²) in [4.78, 5) is 53.7. The van der Waals surface area contributed by atoms with E-state index >= 15 is 0 Å². The van der Waals surface area contributed by atoms with Crippen LogP contribution in [0.3, 0.4) is 0 Å². The van der Waals surface area contributed by atoms with Crippen molar-refractivity contribution >= 4 is 34.9 Å². The van der Waals surface area contributed by atoms with Crippen LogP contribution in [-0.4, -0.2) is 68.2 Å². The number of benzene rings is 2. The number of β-amino-alcohol motifs (C(OH)–C–C–N with tert-alkyl or cyclic N) is 1. The van der Waals surface area contributed by atoms with E-state index in [0.717, 1.165) is 27.3 Å². The number of amides is 3. The van der Waals surface area contributed by atoms with E-state index in [9.17, 15) is 19.5 Å². The van der Waals surface area contributed by atoms with Crippen LogP contribution in [0.1, 0.15) is 54.4 Å². The molecule has 6 rings (SSSR count). The quantitative estimate of drug-likeness (QED) is 0.468. The van der Waals surface area contributed by atoms with Gasteiger partial charge in [-0.25, -0.2) is 4.98 Å². The van der Waals surface area contributed by atoms with Crippen molar-refractivity contribution in [3.63, 3.8) is 0 Å². The van der Waals surface area contributed by atoms with Gasteiger partial charge in [-0.2, -0.15) is 4.99 Å². The fourth-order valence-corrected chi connectivity index (χ4v) is 7.02. The van der Waals surface area contributed by atoms with Gasteiger partial charge in [0, 0.05) is 25.1 Å². The summed E-state index contributed by atoms with van der Waals surface area (Å²) in [5.41, 5.74) is 4.95. The van der Waals surface area contributed by atoms with Crippen LogP contribution in [0.2, 0.25) is 0 Å². The summed E-state index contributed by atoms with van der Waals surface area (Å²) in [7, 11) is 0. The van der Waals surface area contributed by atoms with Gasteiger partial charge in [0.2, 0.25) is 5.91 Å². The number of aliphatic hydroxyl groups excluding tert-OH is 1. The van der Waals surface area contributed by atoms with Crippen molar-refractivity contribution < 1.29 is 19.5 Å². The normalized spacial score (nSPS) is 24.6. The van der Waals surface area contributed by atoms with E-state index in [0.29, 0.717) is 17.9 Å². The van der Waals surface area contributed by atoms with Gasteiger partial charge in [-0.1, -0.05) is 56.3 Å². The van der Waals surface area contributed by atoms with E-state index in [1.165, 1.54) is 0 Å². The number of hydrogen-bond acceptors (Lipinski definition) is 7.